The van der Waals surface area contributed by atoms with Crippen molar-refractivity contribution in [1.29, 1.82) is 0 Å². The van der Waals surface area contributed by atoms with E-state index < -0.39 is 0 Å². The molecule has 1 N–H and O–H groups in total. The van der Waals surface area contributed by atoms with Gasteiger partial charge in [-0.15, -0.1) is 0 Å². The Morgan fingerprint density at radius 3 is 2.53 bits per heavy atom. The second-order valence-electron chi connectivity index (χ2n) is 12.0. The number of hydrogen-bond acceptors (Lipinski definition) is 3. The van der Waals surface area contributed by atoms with E-state index in [1.807, 2.05) is 19.9 Å². The molecule has 4 heteroatoms. The molecule has 0 heterocycles. The topological polar surface area (TPSA) is 49.4 Å². The van der Waals surface area contributed by atoms with Crippen LogP contribution in [0.4, 0.5) is 0 Å². The molecule has 3 saturated carbocycles. The van der Waals surface area contributed by atoms with Crippen LogP contribution in [0.2, 0.25) is 0 Å². The first kappa shape index (κ1) is 23.7. The van der Waals surface area contributed by atoms with Crippen LogP contribution in [0.5, 0.6) is 0 Å². The van der Waals surface area contributed by atoms with Crippen molar-refractivity contribution in [3.05, 3.63) is 23.3 Å². The van der Waals surface area contributed by atoms with Crippen molar-refractivity contribution in [2.24, 2.45) is 34.5 Å². The fourth-order valence-electron chi connectivity index (χ4n) is 8.29. The van der Waals surface area contributed by atoms with Gasteiger partial charge in [-0.2, -0.15) is 0 Å². The average Bonchev–Trinajstić information content (AvgIpc) is 3.11. The Morgan fingerprint density at radius 2 is 1.88 bits per heavy atom. The largest absolute Gasteiger partial charge is 0.342 e. The molecule has 4 aliphatic rings. The van der Waals surface area contributed by atoms with E-state index >= 15 is 0 Å². The second kappa shape index (κ2) is 8.42. The third kappa shape index (κ3) is 3.52. The van der Waals surface area contributed by atoms with Crippen LogP contribution < -0.4 is 5.32 Å². The lowest BCUT2D eigenvalue weighted by molar-refractivity contribution is -0.128. The number of allylic oxidation sites excluding steroid dienone is 2. The second-order valence-corrected chi connectivity index (χ2v) is 12.0. The molecule has 0 saturated heterocycles. The van der Waals surface area contributed by atoms with Gasteiger partial charge >= 0.3 is 0 Å². The van der Waals surface area contributed by atoms with Gasteiger partial charge in [0.2, 0.25) is 5.91 Å². The molecule has 0 radical (unpaired) electrons. The molecule has 0 aliphatic heterocycles. The van der Waals surface area contributed by atoms with Crippen LogP contribution >= 0.6 is 0 Å². The SMILES string of the molecule is C/C=C(\C)C(=O)N[C@H]1CC[C@@]2(C)C(=CC[C@H]3[C@@H]4CC[C@H](C(C)N(C)C)[C@@]4(C)CC[C@@H]32)C1=O. The van der Waals surface area contributed by atoms with Gasteiger partial charge < -0.3 is 10.2 Å². The van der Waals surface area contributed by atoms with Gasteiger partial charge in [0.25, 0.3) is 0 Å². The lowest BCUT2D eigenvalue weighted by atomic mass is 9.47. The van der Waals surface area contributed by atoms with Crippen LogP contribution in [0.3, 0.4) is 0 Å². The summed E-state index contributed by atoms with van der Waals surface area (Å²) in [4.78, 5) is 28.3. The Hall–Kier alpha value is -1.42. The summed E-state index contributed by atoms with van der Waals surface area (Å²) in [6.07, 6.45) is 12.1. The minimum atomic E-state index is -0.362. The Balaban J connectivity index is 1.56. The van der Waals surface area contributed by atoms with Gasteiger partial charge in [0, 0.05) is 11.6 Å². The number of amides is 1. The quantitative estimate of drug-likeness (QED) is 0.616. The van der Waals surface area contributed by atoms with Gasteiger partial charge in [0.1, 0.15) is 0 Å². The van der Waals surface area contributed by atoms with Crippen LogP contribution in [0.1, 0.15) is 79.6 Å². The number of Topliss-reactive ketones (excluding diaryl/α,β-unsaturated/α-hetero) is 1. The summed E-state index contributed by atoms with van der Waals surface area (Å²) in [6.45, 7) is 11.0. The molecule has 4 rings (SSSR count). The van der Waals surface area contributed by atoms with E-state index in [4.69, 9.17) is 0 Å². The molecule has 0 aromatic rings. The Kier molecular flexibility index (Phi) is 6.24. The molecule has 4 nitrogen and oxygen atoms in total. The number of hydrogen-bond donors (Lipinski definition) is 1. The first-order valence-electron chi connectivity index (χ1n) is 12.9. The van der Waals surface area contributed by atoms with Gasteiger partial charge in [0.15, 0.2) is 5.78 Å². The average molecular weight is 441 g/mol. The van der Waals surface area contributed by atoms with Gasteiger partial charge in [0.05, 0.1) is 6.04 Å². The molecule has 32 heavy (non-hydrogen) atoms. The predicted molar refractivity (Wildman–Crippen MR) is 130 cm³/mol. The van der Waals surface area contributed by atoms with Gasteiger partial charge in [-0.3, -0.25) is 9.59 Å². The molecule has 3 fully saturated rings. The Labute approximate surface area is 195 Å². The van der Waals surface area contributed by atoms with Crippen molar-refractivity contribution in [3.8, 4) is 0 Å². The van der Waals surface area contributed by atoms with E-state index in [2.05, 4.69) is 51.2 Å². The van der Waals surface area contributed by atoms with Crippen molar-refractivity contribution in [1.82, 2.24) is 10.2 Å². The first-order valence-corrected chi connectivity index (χ1v) is 12.9. The summed E-state index contributed by atoms with van der Waals surface area (Å²) in [5, 5.41) is 3.01. The van der Waals surface area contributed by atoms with Gasteiger partial charge in [-0.1, -0.05) is 26.0 Å². The summed E-state index contributed by atoms with van der Waals surface area (Å²) in [7, 11) is 4.45. The van der Waals surface area contributed by atoms with E-state index in [1.54, 1.807) is 0 Å². The third-order valence-electron chi connectivity index (χ3n) is 10.6. The lowest BCUT2D eigenvalue weighted by Gasteiger charge is -2.58. The minimum Gasteiger partial charge on any atom is -0.342 e. The number of nitrogens with one attached hydrogen (secondary N) is 1. The predicted octanol–water partition coefficient (Wildman–Crippen LogP) is 5.15. The standard InChI is InChI=1S/C28H44N2O2/c1-8-17(2)26(32)29-24-14-16-28(5)22-13-15-27(4)20(18(3)30(6)7)11-12-21(27)19(22)9-10-23(28)25(24)31/h8,10,18-22,24H,9,11-16H2,1-7H3,(H,29,32)/b17-8+/t18?,19-,20+,21-,22-,24-,27+,28+/m0/s1. The summed E-state index contributed by atoms with van der Waals surface area (Å²) >= 11 is 0. The van der Waals surface area contributed by atoms with E-state index in [-0.39, 0.29) is 23.1 Å². The highest BCUT2D eigenvalue weighted by Gasteiger charge is 2.60. The van der Waals surface area contributed by atoms with E-state index in [0.717, 1.165) is 36.7 Å². The molecular weight excluding hydrogens is 396 g/mol. The maximum absolute atomic E-state index is 13.5. The molecule has 178 valence electrons. The van der Waals surface area contributed by atoms with Crippen LogP contribution in [0, 0.1) is 34.5 Å². The van der Waals surface area contributed by atoms with Crippen LogP contribution in [-0.4, -0.2) is 42.8 Å². The van der Waals surface area contributed by atoms with E-state index in [9.17, 15) is 9.59 Å². The smallest absolute Gasteiger partial charge is 0.247 e. The molecule has 8 atom stereocenters. The monoisotopic (exact) mass is 440 g/mol. The van der Waals surface area contributed by atoms with Gasteiger partial charge in [-0.25, -0.2) is 0 Å². The van der Waals surface area contributed by atoms with Crippen molar-refractivity contribution in [3.63, 3.8) is 0 Å². The summed E-state index contributed by atoms with van der Waals surface area (Å²) < 4.78 is 0. The number of fused-ring (bicyclic) bond motifs is 5. The molecule has 1 amide bonds. The zero-order valence-corrected chi connectivity index (χ0v) is 21.3. The van der Waals surface area contributed by atoms with Crippen LogP contribution in [-0.2, 0) is 9.59 Å². The number of carbonyl (C=O) groups is 2. The third-order valence-corrected chi connectivity index (χ3v) is 10.6. The minimum absolute atomic E-state index is 0.0244. The fraction of sp³-hybridized carbons (Fsp3) is 0.786. The molecule has 0 spiro atoms. The van der Waals surface area contributed by atoms with Crippen LogP contribution in [0.25, 0.3) is 0 Å². The fourth-order valence-corrected chi connectivity index (χ4v) is 8.29. The summed E-state index contributed by atoms with van der Waals surface area (Å²) in [6, 6.07) is 0.256. The molecular formula is C28H44N2O2. The molecule has 0 aromatic heterocycles. The van der Waals surface area contributed by atoms with Crippen molar-refractivity contribution in [2.75, 3.05) is 14.1 Å². The molecule has 0 bridgehead atoms. The Morgan fingerprint density at radius 1 is 1.16 bits per heavy atom. The zero-order valence-electron chi connectivity index (χ0n) is 21.3. The highest BCUT2D eigenvalue weighted by molar-refractivity contribution is 6.05. The maximum atomic E-state index is 13.5. The van der Waals surface area contributed by atoms with Crippen LogP contribution in [0.15, 0.2) is 23.3 Å². The normalized spacial score (nSPS) is 42.6. The van der Waals surface area contributed by atoms with E-state index in [0.29, 0.717) is 28.9 Å². The number of ketones is 1. The molecule has 1 unspecified atom stereocenters. The highest BCUT2D eigenvalue weighted by atomic mass is 16.2. The first-order chi connectivity index (χ1) is 15.0. The maximum Gasteiger partial charge on any atom is 0.247 e. The number of nitrogens with zero attached hydrogens (tertiary/aromatic N) is 1. The number of carbonyl (C=O) groups excluding carboxylic acids is 2. The summed E-state index contributed by atoms with van der Waals surface area (Å²) in [5.41, 5.74) is 2.10. The van der Waals surface area contributed by atoms with Crippen molar-refractivity contribution >= 4 is 11.7 Å². The van der Waals surface area contributed by atoms with Crippen molar-refractivity contribution in [2.45, 2.75) is 91.6 Å². The molecule has 0 aromatic carbocycles. The molecule has 4 aliphatic carbocycles. The number of rotatable bonds is 4. The Bertz CT molecular complexity index is 842. The van der Waals surface area contributed by atoms with E-state index in [1.165, 1.54) is 25.7 Å². The zero-order chi connectivity index (χ0) is 23.4. The van der Waals surface area contributed by atoms with Crippen molar-refractivity contribution < 1.29 is 9.59 Å². The van der Waals surface area contributed by atoms with Gasteiger partial charge in [-0.05, 0) is 120 Å². The highest BCUT2D eigenvalue weighted by Crippen LogP contribution is 2.66. The lowest BCUT2D eigenvalue weighted by Crippen LogP contribution is -2.55. The summed E-state index contributed by atoms with van der Waals surface area (Å²) in [5.74, 6) is 2.91.